The molecular formula is C25H25N5O3. The Morgan fingerprint density at radius 3 is 2.36 bits per heavy atom. The number of nitrogens with zero attached hydrogens (tertiary/aromatic N) is 4. The summed E-state index contributed by atoms with van der Waals surface area (Å²) in [6, 6.07) is 19.0. The summed E-state index contributed by atoms with van der Waals surface area (Å²) >= 11 is 0. The van der Waals surface area contributed by atoms with Crippen molar-refractivity contribution in [3.8, 4) is 6.07 Å². The molecule has 1 N–H and O–H groups in total. The van der Waals surface area contributed by atoms with E-state index in [1.165, 1.54) is 7.11 Å². The zero-order valence-electron chi connectivity index (χ0n) is 18.4. The zero-order valence-corrected chi connectivity index (χ0v) is 18.4. The molecule has 0 spiro atoms. The number of esters is 1. The van der Waals surface area contributed by atoms with E-state index in [2.05, 4.69) is 16.4 Å². The molecule has 0 bridgehead atoms. The van der Waals surface area contributed by atoms with Gasteiger partial charge in [0.25, 0.3) is 0 Å². The molecule has 3 aromatic rings. The van der Waals surface area contributed by atoms with Gasteiger partial charge in [0, 0.05) is 19.6 Å². The smallest absolute Gasteiger partial charge is 0.308 e. The first kappa shape index (κ1) is 22.2. The topological polar surface area (TPSA) is 108 Å². The van der Waals surface area contributed by atoms with Gasteiger partial charge in [0.15, 0.2) is 11.7 Å². The maximum Gasteiger partial charge on any atom is 0.308 e. The summed E-state index contributed by atoms with van der Waals surface area (Å²) in [5, 5.41) is 12.8. The van der Waals surface area contributed by atoms with E-state index in [0.717, 1.165) is 5.56 Å². The van der Waals surface area contributed by atoms with Crippen molar-refractivity contribution in [2.24, 2.45) is 5.92 Å². The first-order valence-corrected chi connectivity index (χ1v) is 10.9. The molecule has 4 rings (SSSR count). The molecule has 8 nitrogen and oxygen atoms in total. The van der Waals surface area contributed by atoms with Crippen LogP contribution in [-0.2, 0) is 20.9 Å². The van der Waals surface area contributed by atoms with Crippen molar-refractivity contribution in [2.75, 3.05) is 25.1 Å². The van der Waals surface area contributed by atoms with E-state index in [-0.39, 0.29) is 11.9 Å². The minimum absolute atomic E-state index is 0.163. The Bertz CT molecular complexity index is 1180. The SMILES string of the molecule is COC(=O)C1CCN(c2nc3ccccc3nc2[C@@H](C#N)C(=O)NCc2ccccc2)CC1. The van der Waals surface area contributed by atoms with Gasteiger partial charge in [-0.15, -0.1) is 0 Å². The second kappa shape index (κ2) is 10.1. The molecule has 1 aliphatic heterocycles. The number of amides is 1. The van der Waals surface area contributed by atoms with Gasteiger partial charge in [-0.05, 0) is 30.5 Å². The van der Waals surface area contributed by atoms with Crippen LogP contribution in [0.4, 0.5) is 5.82 Å². The Morgan fingerprint density at radius 1 is 1.09 bits per heavy atom. The number of carbonyl (C=O) groups excluding carboxylic acids is 2. The molecule has 1 saturated heterocycles. The number of nitrogens with one attached hydrogen (secondary N) is 1. The lowest BCUT2D eigenvalue weighted by Crippen LogP contribution is -2.39. The van der Waals surface area contributed by atoms with E-state index in [1.807, 2.05) is 59.5 Å². The van der Waals surface area contributed by atoms with E-state index in [0.29, 0.717) is 55.0 Å². The Labute approximate surface area is 192 Å². The second-order valence-corrected chi connectivity index (χ2v) is 7.97. The number of piperidine rings is 1. The third-order valence-corrected chi connectivity index (χ3v) is 5.88. The van der Waals surface area contributed by atoms with Gasteiger partial charge >= 0.3 is 5.97 Å². The Balaban J connectivity index is 1.63. The predicted molar refractivity (Wildman–Crippen MR) is 123 cm³/mol. The number of hydrogen-bond acceptors (Lipinski definition) is 7. The molecule has 1 aliphatic rings. The Hall–Kier alpha value is -3.99. The number of fused-ring (bicyclic) bond motifs is 1. The summed E-state index contributed by atoms with van der Waals surface area (Å²) in [5.41, 5.74) is 2.58. The van der Waals surface area contributed by atoms with Gasteiger partial charge in [0.1, 0.15) is 5.69 Å². The summed E-state index contributed by atoms with van der Waals surface area (Å²) < 4.78 is 4.88. The van der Waals surface area contributed by atoms with Crippen LogP contribution in [0.1, 0.15) is 30.0 Å². The molecule has 33 heavy (non-hydrogen) atoms. The molecule has 1 aromatic heterocycles. The van der Waals surface area contributed by atoms with Crippen molar-refractivity contribution in [1.29, 1.82) is 5.26 Å². The van der Waals surface area contributed by atoms with Gasteiger partial charge in [0.05, 0.1) is 30.1 Å². The van der Waals surface area contributed by atoms with Crippen LogP contribution >= 0.6 is 0 Å². The maximum atomic E-state index is 13.0. The third-order valence-electron chi connectivity index (χ3n) is 5.88. The number of ether oxygens (including phenoxy) is 1. The van der Waals surface area contributed by atoms with Crippen molar-refractivity contribution < 1.29 is 14.3 Å². The number of rotatable bonds is 6. The lowest BCUT2D eigenvalue weighted by atomic mass is 9.96. The number of para-hydroxylation sites is 2. The highest BCUT2D eigenvalue weighted by Crippen LogP contribution is 2.30. The first-order chi connectivity index (χ1) is 16.1. The fourth-order valence-electron chi connectivity index (χ4n) is 4.06. The molecule has 1 fully saturated rings. The normalized spacial score (nSPS) is 15.0. The fraction of sp³-hybridized carbons (Fsp3) is 0.320. The van der Waals surface area contributed by atoms with Crippen LogP contribution in [0, 0.1) is 17.2 Å². The van der Waals surface area contributed by atoms with Crippen LogP contribution < -0.4 is 10.2 Å². The summed E-state index contributed by atoms with van der Waals surface area (Å²) in [6.45, 7) is 1.44. The highest BCUT2D eigenvalue weighted by atomic mass is 16.5. The number of anilines is 1. The fourth-order valence-corrected chi connectivity index (χ4v) is 4.06. The zero-order chi connectivity index (χ0) is 23.2. The molecule has 0 aliphatic carbocycles. The number of methoxy groups -OCH3 is 1. The van der Waals surface area contributed by atoms with Crippen molar-refractivity contribution in [3.63, 3.8) is 0 Å². The average molecular weight is 444 g/mol. The first-order valence-electron chi connectivity index (χ1n) is 10.9. The van der Waals surface area contributed by atoms with Crippen LogP contribution in [0.15, 0.2) is 54.6 Å². The van der Waals surface area contributed by atoms with E-state index < -0.39 is 11.8 Å². The molecule has 0 saturated carbocycles. The predicted octanol–water partition coefficient (Wildman–Crippen LogP) is 2.94. The average Bonchev–Trinajstić information content (AvgIpc) is 2.87. The summed E-state index contributed by atoms with van der Waals surface area (Å²) in [4.78, 5) is 36.4. The Kier molecular flexibility index (Phi) is 6.79. The quantitative estimate of drug-likeness (QED) is 0.584. The van der Waals surface area contributed by atoms with Gasteiger partial charge in [-0.25, -0.2) is 9.97 Å². The number of benzene rings is 2. The van der Waals surface area contributed by atoms with Gasteiger partial charge in [0.2, 0.25) is 5.91 Å². The lowest BCUT2D eigenvalue weighted by Gasteiger charge is -2.33. The molecule has 0 unspecified atom stereocenters. The molecular weight excluding hydrogens is 418 g/mol. The van der Waals surface area contributed by atoms with E-state index in [9.17, 15) is 14.9 Å². The Morgan fingerprint density at radius 2 is 1.73 bits per heavy atom. The molecule has 2 aromatic carbocycles. The molecule has 1 atom stereocenters. The number of nitriles is 1. The van der Waals surface area contributed by atoms with E-state index >= 15 is 0 Å². The molecule has 168 valence electrons. The van der Waals surface area contributed by atoms with Crippen molar-refractivity contribution >= 4 is 28.7 Å². The maximum absolute atomic E-state index is 13.0. The van der Waals surface area contributed by atoms with Gasteiger partial charge in [-0.2, -0.15) is 5.26 Å². The highest BCUT2D eigenvalue weighted by molar-refractivity contribution is 5.89. The summed E-state index contributed by atoms with van der Waals surface area (Å²) in [5.74, 6) is -1.40. The summed E-state index contributed by atoms with van der Waals surface area (Å²) in [7, 11) is 1.40. The minimum atomic E-state index is -1.11. The van der Waals surface area contributed by atoms with Crippen LogP contribution in [-0.4, -0.2) is 42.0 Å². The monoisotopic (exact) mass is 443 g/mol. The van der Waals surface area contributed by atoms with Crippen LogP contribution in [0.3, 0.4) is 0 Å². The van der Waals surface area contributed by atoms with Crippen molar-refractivity contribution in [1.82, 2.24) is 15.3 Å². The second-order valence-electron chi connectivity index (χ2n) is 7.97. The molecule has 1 amide bonds. The lowest BCUT2D eigenvalue weighted by molar-refractivity contribution is -0.146. The molecule has 8 heteroatoms. The number of carbonyl (C=O) groups is 2. The highest BCUT2D eigenvalue weighted by Gasteiger charge is 2.32. The van der Waals surface area contributed by atoms with Crippen molar-refractivity contribution in [2.45, 2.75) is 25.3 Å². The van der Waals surface area contributed by atoms with Gasteiger partial charge in [-0.3, -0.25) is 9.59 Å². The van der Waals surface area contributed by atoms with Gasteiger partial charge < -0.3 is 15.0 Å². The minimum Gasteiger partial charge on any atom is -0.469 e. The van der Waals surface area contributed by atoms with E-state index in [1.54, 1.807) is 0 Å². The van der Waals surface area contributed by atoms with Crippen molar-refractivity contribution in [3.05, 3.63) is 65.9 Å². The molecule has 2 heterocycles. The summed E-state index contributed by atoms with van der Waals surface area (Å²) in [6.07, 6.45) is 1.22. The third kappa shape index (κ3) is 4.93. The van der Waals surface area contributed by atoms with E-state index in [4.69, 9.17) is 9.72 Å². The van der Waals surface area contributed by atoms with Crippen LogP contribution in [0.25, 0.3) is 11.0 Å². The largest absolute Gasteiger partial charge is 0.469 e. The van der Waals surface area contributed by atoms with Gasteiger partial charge in [-0.1, -0.05) is 42.5 Å². The van der Waals surface area contributed by atoms with Crippen LogP contribution in [0.2, 0.25) is 0 Å². The number of hydrogen-bond donors (Lipinski definition) is 1. The standard InChI is InChI=1S/C25H25N5O3/c1-33-25(32)18-11-13-30(14-12-18)23-22(28-20-9-5-6-10-21(20)29-23)19(15-26)24(31)27-16-17-7-3-2-4-8-17/h2-10,18-19H,11-14,16H2,1H3,(H,27,31)/t19-/m1/s1. The van der Waals surface area contributed by atoms with Crippen LogP contribution in [0.5, 0.6) is 0 Å². The molecule has 0 radical (unpaired) electrons. The number of aromatic nitrogens is 2.